The molecule has 0 fully saturated rings. The summed E-state index contributed by atoms with van der Waals surface area (Å²) in [6, 6.07) is 22.0. The molecule has 2 N–H and O–H groups in total. The Bertz CT molecular complexity index is 1260. The van der Waals surface area contributed by atoms with Gasteiger partial charge in [-0.15, -0.1) is 0 Å². The highest BCUT2D eigenvalue weighted by Crippen LogP contribution is 2.18. The minimum atomic E-state index is -0.494. The fraction of sp³-hybridized carbons (Fsp3) is 0.382. The van der Waals surface area contributed by atoms with E-state index in [1.54, 1.807) is 36.4 Å². The topological polar surface area (TPSA) is 103 Å². The van der Waals surface area contributed by atoms with Crippen molar-refractivity contribution in [1.82, 2.24) is 10.6 Å². The van der Waals surface area contributed by atoms with Crippen molar-refractivity contribution in [2.45, 2.75) is 65.7 Å². The van der Waals surface area contributed by atoms with E-state index in [2.05, 4.69) is 10.6 Å². The number of carbonyl (C=O) groups excluding carboxylic acids is 3. The molecular formula is C34H42N2O6. The third-order valence-corrected chi connectivity index (χ3v) is 6.80. The standard InChI is InChI=1S/C34H42N2O6/c1-25-11-17-29(18-12-25)40-32(37)10-5-4-8-28(24-36-34(39)42-31-21-15-27(3)16-22-31)9-6-7-23-35-33(38)41-30-19-13-26(2)14-20-30/h11-22,28H,4-10,23-24H2,1-3H3,(H,35,38)(H,36,39). The van der Waals surface area contributed by atoms with Crippen LogP contribution in [0.3, 0.4) is 0 Å². The summed E-state index contributed by atoms with van der Waals surface area (Å²) in [6.45, 7) is 6.88. The molecule has 224 valence electrons. The van der Waals surface area contributed by atoms with Gasteiger partial charge >= 0.3 is 18.2 Å². The molecule has 42 heavy (non-hydrogen) atoms. The molecule has 0 heterocycles. The number of amides is 2. The van der Waals surface area contributed by atoms with Crippen LogP contribution in [-0.4, -0.2) is 31.2 Å². The van der Waals surface area contributed by atoms with Crippen molar-refractivity contribution in [1.29, 1.82) is 0 Å². The molecule has 1 unspecified atom stereocenters. The lowest BCUT2D eigenvalue weighted by atomic mass is 9.95. The number of rotatable bonds is 15. The number of hydrogen-bond donors (Lipinski definition) is 2. The SMILES string of the molecule is Cc1ccc(OC(=O)CCCCC(CCCCNC(=O)Oc2ccc(C)cc2)CNC(=O)Oc2ccc(C)cc2)cc1. The van der Waals surface area contributed by atoms with Crippen LogP contribution in [0.15, 0.2) is 72.8 Å². The molecule has 0 saturated heterocycles. The fourth-order valence-corrected chi connectivity index (χ4v) is 4.31. The van der Waals surface area contributed by atoms with Crippen LogP contribution in [0.4, 0.5) is 9.59 Å². The summed E-state index contributed by atoms with van der Waals surface area (Å²) in [6.07, 6.45) is 4.20. The molecule has 0 aliphatic rings. The number of nitrogens with one attached hydrogen (secondary N) is 2. The van der Waals surface area contributed by atoms with Crippen LogP contribution < -0.4 is 24.8 Å². The summed E-state index contributed by atoms with van der Waals surface area (Å²) in [4.78, 5) is 36.7. The maximum Gasteiger partial charge on any atom is 0.412 e. The van der Waals surface area contributed by atoms with Gasteiger partial charge in [-0.05, 0) is 88.8 Å². The molecule has 2 amide bonds. The Balaban J connectivity index is 1.39. The van der Waals surface area contributed by atoms with Crippen molar-refractivity contribution in [3.05, 3.63) is 89.5 Å². The van der Waals surface area contributed by atoms with Crippen LogP contribution >= 0.6 is 0 Å². The third kappa shape index (κ3) is 12.9. The Hall–Kier alpha value is -4.33. The molecule has 0 aliphatic carbocycles. The lowest BCUT2D eigenvalue weighted by molar-refractivity contribution is -0.134. The molecule has 0 aliphatic heterocycles. The van der Waals surface area contributed by atoms with Gasteiger partial charge in [-0.1, -0.05) is 65.9 Å². The molecule has 0 spiro atoms. The minimum Gasteiger partial charge on any atom is -0.427 e. The van der Waals surface area contributed by atoms with Crippen molar-refractivity contribution in [2.24, 2.45) is 5.92 Å². The molecule has 1 atom stereocenters. The number of unbranched alkanes of at least 4 members (excludes halogenated alkanes) is 2. The third-order valence-electron chi connectivity index (χ3n) is 6.80. The second-order valence-electron chi connectivity index (χ2n) is 10.6. The molecule has 0 aromatic heterocycles. The van der Waals surface area contributed by atoms with Gasteiger partial charge in [0.2, 0.25) is 0 Å². The quantitative estimate of drug-likeness (QED) is 0.111. The summed E-state index contributed by atoms with van der Waals surface area (Å²) in [5.41, 5.74) is 3.29. The lowest BCUT2D eigenvalue weighted by Gasteiger charge is -2.18. The van der Waals surface area contributed by atoms with Gasteiger partial charge in [-0.2, -0.15) is 0 Å². The van der Waals surface area contributed by atoms with Gasteiger partial charge in [0.15, 0.2) is 0 Å². The first-order valence-corrected chi connectivity index (χ1v) is 14.6. The maximum atomic E-state index is 12.4. The highest BCUT2D eigenvalue weighted by atomic mass is 16.6. The van der Waals surface area contributed by atoms with Gasteiger partial charge < -0.3 is 24.8 Å². The molecule has 3 aromatic carbocycles. The van der Waals surface area contributed by atoms with Gasteiger partial charge in [-0.3, -0.25) is 4.79 Å². The zero-order valence-electron chi connectivity index (χ0n) is 24.8. The van der Waals surface area contributed by atoms with E-state index in [4.69, 9.17) is 14.2 Å². The number of ether oxygens (including phenoxy) is 3. The van der Waals surface area contributed by atoms with Gasteiger partial charge in [0.1, 0.15) is 17.2 Å². The van der Waals surface area contributed by atoms with Crippen LogP contribution in [0, 0.1) is 26.7 Å². The summed E-state index contributed by atoms with van der Waals surface area (Å²) in [5, 5.41) is 5.67. The van der Waals surface area contributed by atoms with Crippen molar-refractivity contribution < 1.29 is 28.6 Å². The fourth-order valence-electron chi connectivity index (χ4n) is 4.31. The van der Waals surface area contributed by atoms with Crippen LogP contribution in [0.5, 0.6) is 17.2 Å². The number of benzene rings is 3. The van der Waals surface area contributed by atoms with E-state index in [1.165, 1.54) is 0 Å². The van der Waals surface area contributed by atoms with E-state index >= 15 is 0 Å². The molecule has 8 heteroatoms. The summed E-state index contributed by atoms with van der Waals surface area (Å²) >= 11 is 0. The zero-order chi connectivity index (χ0) is 30.2. The molecule has 8 nitrogen and oxygen atoms in total. The Kier molecular flexibility index (Phi) is 13.4. The van der Waals surface area contributed by atoms with E-state index in [0.717, 1.165) is 48.8 Å². The summed E-state index contributed by atoms with van der Waals surface area (Å²) < 4.78 is 16.1. The largest absolute Gasteiger partial charge is 0.427 e. The van der Waals surface area contributed by atoms with E-state index in [9.17, 15) is 14.4 Å². The molecule has 0 saturated carbocycles. The average Bonchev–Trinajstić information content (AvgIpc) is 2.97. The number of hydrogen-bond acceptors (Lipinski definition) is 6. The molecular weight excluding hydrogens is 532 g/mol. The first-order chi connectivity index (χ1) is 20.3. The zero-order valence-corrected chi connectivity index (χ0v) is 24.8. The maximum absolute atomic E-state index is 12.4. The minimum absolute atomic E-state index is 0.197. The van der Waals surface area contributed by atoms with Crippen molar-refractivity contribution in [3.8, 4) is 17.2 Å². The molecule has 3 rings (SSSR count). The van der Waals surface area contributed by atoms with Crippen molar-refractivity contribution in [3.63, 3.8) is 0 Å². The van der Waals surface area contributed by atoms with Gasteiger partial charge in [0, 0.05) is 19.5 Å². The van der Waals surface area contributed by atoms with Crippen LogP contribution in [-0.2, 0) is 4.79 Å². The first-order valence-electron chi connectivity index (χ1n) is 14.6. The van der Waals surface area contributed by atoms with Gasteiger partial charge in [0.25, 0.3) is 0 Å². The number of esters is 1. The molecule has 0 radical (unpaired) electrons. The van der Waals surface area contributed by atoms with E-state index in [0.29, 0.717) is 43.2 Å². The van der Waals surface area contributed by atoms with Crippen molar-refractivity contribution >= 4 is 18.2 Å². The Morgan fingerprint density at radius 1 is 0.571 bits per heavy atom. The van der Waals surface area contributed by atoms with E-state index in [-0.39, 0.29) is 11.9 Å². The lowest BCUT2D eigenvalue weighted by Crippen LogP contribution is -2.32. The van der Waals surface area contributed by atoms with E-state index in [1.807, 2.05) is 57.2 Å². The van der Waals surface area contributed by atoms with Crippen LogP contribution in [0.1, 0.15) is 61.6 Å². The van der Waals surface area contributed by atoms with Crippen LogP contribution in [0.2, 0.25) is 0 Å². The number of aryl methyl sites for hydroxylation is 3. The van der Waals surface area contributed by atoms with Gasteiger partial charge in [0.05, 0.1) is 0 Å². The Morgan fingerprint density at radius 3 is 1.50 bits per heavy atom. The molecule has 3 aromatic rings. The normalized spacial score (nSPS) is 11.3. The second kappa shape index (κ2) is 17.5. The Labute approximate surface area is 248 Å². The Morgan fingerprint density at radius 2 is 1.00 bits per heavy atom. The second-order valence-corrected chi connectivity index (χ2v) is 10.6. The predicted octanol–water partition coefficient (Wildman–Crippen LogP) is 7.44. The number of carbonyl (C=O) groups is 3. The van der Waals surface area contributed by atoms with Crippen molar-refractivity contribution in [2.75, 3.05) is 13.1 Å². The average molecular weight is 575 g/mol. The monoisotopic (exact) mass is 574 g/mol. The van der Waals surface area contributed by atoms with Crippen LogP contribution in [0.25, 0.3) is 0 Å². The molecule has 0 bridgehead atoms. The highest BCUT2D eigenvalue weighted by molar-refractivity contribution is 5.72. The predicted molar refractivity (Wildman–Crippen MR) is 163 cm³/mol. The summed E-state index contributed by atoms with van der Waals surface area (Å²) in [7, 11) is 0. The van der Waals surface area contributed by atoms with E-state index < -0.39 is 12.2 Å². The smallest absolute Gasteiger partial charge is 0.412 e. The first kappa shape index (κ1) is 32.2. The summed E-state index contributed by atoms with van der Waals surface area (Å²) in [5.74, 6) is 1.49. The highest BCUT2D eigenvalue weighted by Gasteiger charge is 2.13. The van der Waals surface area contributed by atoms with Gasteiger partial charge in [-0.25, -0.2) is 9.59 Å².